The average molecular weight is 315 g/mol. The third-order valence-corrected chi connectivity index (χ3v) is 5.88. The van der Waals surface area contributed by atoms with Crippen LogP contribution in [0.2, 0.25) is 0 Å². The number of methoxy groups -OCH3 is 1. The first-order valence-corrected chi connectivity index (χ1v) is 8.84. The molecule has 1 saturated heterocycles. The molecule has 0 radical (unpaired) electrons. The van der Waals surface area contributed by atoms with Crippen LogP contribution in [0, 0.1) is 11.8 Å². The molecular weight excluding hydrogens is 290 g/mol. The van der Waals surface area contributed by atoms with E-state index in [4.69, 9.17) is 9.47 Å². The summed E-state index contributed by atoms with van der Waals surface area (Å²) in [5, 5.41) is 2.96. The maximum Gasteiger partial charge on any atom is 0.220 e. The molecule has 1 aliphatic heterocycles. The van der Waals surface area contributed by atoms with E-state index >= 15 is 0 Å². The van der Waals surface area contributed by atoms with Gasteiger partial charge < -0.3 is 14.8 Å². The van der Waals surface area contributed by atoms with E-state index < -0.39 is 0 Å². The van der Waals surface area contributed by atoms with Crippen molar-refractivity contribution in [2.24, 2.45) is 11.8 Å². The lowest BCUT2D eigenvalue weighted by Crippen LogP contribution is -2.33. The molecule has 3 aliphatic rings. The van der Waals surface area contributed by atoms with Crippen molar-refractivity contribution in [2.75, 3.05) is 13.7 Å². The quantitative estimate of drug-likeness (QED) is 0.928. The van der Waals surface area contributed by atoms with Crippen molar-refractivity contribution in [1.82, 2.24) is 5.32 Å². The number of carbonyl (C=O) groups is 1. The molecule has 124 valence electrons. The van der Waals surface area contributed by atoms with Gasteiger partial charge >= 0.3 is 0 Å². The van der Waals surface area contributed by atoms with E-state index in [-0.39, 0.29) is 5.91 Å². The highest BCUT2D eigenvalue weighted by atomic mass is 16.5. The van der Waals surface area contributed by atoms with E-state index in [2.05, 4.69) is 17.4 Å². The molecule has 1 aromatic rings. The second kappa shape index (κ2) is 6.06. The van der Waals surface area contributed by atoms with E-state index in [1.807, 2.05) is 6.07 Å². The molecule has 23 heavy (non-hydrogen) atoms. The van der Waals surface area contributed by atoms with Crippen molar-refractivity contribution in [3.63, 3.8) is 0 Å². The van der Waals surface area contributed by atoms with Crippen LogP contribution in [0.3, 0.4) is 0 Å². The lowest BCUT2D eigenvalue weighted by molar-refractivity contribution is -0.122. The van der Waals surface area contributed by atoms with E-state index in [1.165, 1.54) is 31.2 Å². The molecule has 2 aliphatic carbocycles. The van der Waals surface area contributed by atoms with Crippen molar-refractivity contribution in [3.05, 3.63) is 23.8 Å². The zero-order chi connectivity index (χ0) is 15.8. The number of nitrogens with one attached hydrogen (secondary N) is 1. The minimum absolute atomic E-state index is 0.160. The highest BCUT2D eigenvalue weighted by Crippen LogP contribution is 2.47. The smallest absolute Gasteiger partial charge is 0.220 e. The minimum Gasteiger partial charge on any atom is -0.493 e. The average Bonchev–Trinajstić information content (AvgIpc) is 3.18. The van der Waals surface area contributed by atoms with E-state index in [0.29, 0.717) is 18.4 Å². The Hall–Kier alpha value is -1.71. The third kappa shape index (κ3) is 2.91. The fourth-order valence-corrected chi connectivity index (χ4v) is 4.55. The summed E-state index contributed by atoms with van der Waals surface area (Å²) in [6.07, 6.45) is 7.09. The highest BCUT2D eigenvalue weighted by molar-refractivity contribution is 5.76. The van der Waals surface area contributed by atoms with Crippen LogP contribution in [0.1, 0.15) is 50.0 Å². The Morgan fingerprint density at radius 1 is 1.13 bits per heavy atom. The van der Waals surface area contributed by atoms with Crippen molar-refractivity contribution < 1.29 is 14.3 Å². The maximum atomic E-state index is 11.4. The largest absolute Gasteiger partial charge is 0.493 e. The van der Waals surface area contributed by atoms with Gasteiger partial charge in [-0.25, -0.2) is 0 Å². The second-order valence-corrected chi connectivity index (χ2v) is 7.28. The zero-order valence-corrected chi connectivity index (χ0v) is 13.7. The van der Waals surface area contributed by atoms with Gasteiger partial charge in [0.25, 0.3) is 0 Å². The van der Waals surface area contributed by atoms with Crippen LogP contribution in [0.5, 0.6) is 11.5 Å². The molecule has 3 fully saturated rings. The SMILES string of the molecule is COc1ccc(C2CCC(=O)NC2)cc1OC1CC2CCC1C2. The van der Waals surface area contributed by atoms with Crippen LogP contribution in [0.15, 0.2) is 18.2 Å². The van der Waals surface area contributed by atoms with E-state index in [9.17, 15) is 4.79 Å². The molecular formula is C19H25NO3. The summed E-state index contributed by atoms with van der Waals surface area (Å²) in [6, 6.07) is 6.25. The summed E-state index contributed by atoms with van der Waals surface area (Å²) >= 11 is 0. The lowest BCUT2D eigenvalue weighted by Gasteiger charge is -2.26. The summed E-state index contributed by atoms with van der Waals surface area (Å²) in [7, 11) is 1.70. The van der Waals surface area contributed by atoms with Crippen LogP contribution >= 0.6 is 0 Å². The highest BCUT2D eigenvalue weighted by Gasteiger charge is 2.41. The van der Waals surface area contributed by atoms with Crippen molar-refractivity contribution >= 4 is 5.91 Å². The van der Waals surface area contributed by atoms with Crippen LogP contribution < -0.4 is 14.8 Å². The van der Waals surface area contributed by atoms with Gasteiger partial charge in [-0.15, -0.1) is 0 Å². The number of carbonyl (C=O) groups excluding carboxylic acids is 1. The van der Waals surface area contributed by atoms with E-state index in [0.717, 1.165) is 36.3 Å². The molecule has 4 rings (SSSR count). The number of ether oxygens (including phenoxy) is 2. The van der Waals surface area contributed by atoms with Gasteiger partial charge in [-0.1, -0.05) is 6.07 Å². The number of amides is 1. The molecule has 1 amide bonds. The van der Waals surface area contributed by atoms with Crippen LogP contribution in [-0.2, 0) is 4.79 Å². The first-order valence-electron chi connectivity index (χ1n) is 8.84. The summed E-state index contributed by atoms with van der Waals surface area (Å²) in [5.41, 5.74) is 1.24. The van der Waals surface area contributed by atoms with E-state index in [1.54, 1.807) is 7.11 Å². The molecule has 1 heterocycles. The Balaban J connectivity index is 1.52. The number of benzene rings is 1. The van der Waals surface area contributed by atoms with Crippen molar-refractivity contribution in [1.29, 1.82) is 0 Å². The fraction of sp³-hybridized carbons (Fsp3) is 0.632. The minimum atomic E-state index is 0.160. The van der Waals surface area contributed by atoms with Gasteiger partial charge in [-0.2, -0.15) is 0 Å². The summed E-state index contributed by atoms with van der Waals surface area (Å²) in [6.45, 7) is 0.721. The number of hydrogen-bond donors (Lipinski definition) is 1. The normalized spacial score (nSPS) is 32.7. The lowest BCUT2D eigenvalue weighted by atomic mass is 9.91. The predicted molar refractivity (Wildman–Crippen MR) is 87.8 cm³/mol. The summed E-state index contributed by atoms with van der Waals surface area (Å²) in [5.74, 6) is 3.82. The summed E-state index contributed by atoms with van der Waals surface area (Å²) < 4.78 is 11.9. The van der Waals surface area contributed by atoms with Gasteiger partial charge in [0.2, 0.25) is 5.91 Å². The predicted octanol–water partition coefficient (Wildman–Crippen LogP) is 3.26. The fourth-order valence-electron chi connectivity index (χ4n) is 4.55. The molecule has 0 aromatic heterocycles. The van der Waals surface area contributed by atoms with Gasteiger partial charge in [-0.3, -0.25) is 4.79 Å². The first kappa shape index (κ1) is 14.9. The maximum absolute atomic E-state index is 11.4. The number of rotatable bonds is 4. The molecule has 1 N–H and O–H groups in total. The summed E-state index contributed by atoms with van der Waals surface area (Å²) in [4.78, 5) is 11.4. The Morgan fingerprint density at radius 3 is 2.70 bits per heavy atom. The topological polar surface area (TPSA) is 47.6 Å². The van der Waals surface area contributed by atoms with Crippen LogP contribution in [0.4, 0.5) is 0 Å². The number of piperidine rings is 1. The Morgan fingerprint density at radius 2 is 2.04 bits per heavy atom. The van der Waals surface area contributed by atoms with Gasteiger partial charge in [0, 0.05) is 18.9 Å². The first-order chi connectivity index (χ1) is 11.2. The van der Waals surface area contributed by atoms with Crippen LogP contribution in [0.25, 0.3) is 0 Å². The molecule has 1 aromatic carbocycles. The van der Waals surface area contributed by atoms with Gasteiger partial charge in [0.15, 0.2) is 11.5 Å². The van der Waals surface area contributed by atoms with Crippen molar-refractivity contribution in [2.45, 2.75) is 50.5 Å². The zero-order valence-electron chi connectivity index (χ0n) is 13.7. The van der Waals surface area contributed by atoms with Crippen LogP contribution in [-0.4, -0.2) is 25.7 Å². The molecule has 4 heteroatoms. The van der Waals surface area contributed by atoms with Gasteiger partial charge in [-0.05, 0) is 61.6 Å². The molecule has 4 atom stereocenters. The monoisotopic (exact) mass is 315 g/mol. The number of fused-ring (bicyclic) bond motifs is 2. The third-order valence-electron chi connectivity index (χ3n) is 5.88. The molecule has 4 unspecified atom stereocenters. The molecule has 2 bridgehead atoms. The number of hydrogen-bond acceptors (Lipinski definition) is 3. The second-order valence-electron chi connectivity index (χ2n) is 7.28. The van der Waals surface area contributed by atoms with Crippen molar-refractivity contribution in [3.8, 4) is 11.5 Å². The van der Waals surface area contributed by atoms with Gasteiger partial charge in [0.1, 0.15) is 6.10 Å². The Kier molecular flexibility index (Phi) is 3.92. The Bertz CT molecular complexity index is 590. The molecule has 2 saturated carbocycles. The standard InChI is InChI=1S/C19H25NO3/c1-22-16-6-4-13(15-5-7-19(21)20-11-15)10-18(16)23-17-9-12-2-3-14(17)8-12/h4,6,10,12,14-15,17H,2-3,5,7-9,11H2,1H3,(H,20,21). The Labute approximate surface area is 137 Å². The van der Waals surface area contributed by atoms with Gasteiger partial charge in [0.05, 0.1) is 7.11 Å². The molecule has 0 spiro atoms. The molecule has 4 nitrogen and oxygen atoms in total.